The molecule has 0 saturated carbocycles. The van der Waals surface area contributed by atoms with Gasteiger partial charge in [-0.15, -0.1) is 0 Å². The molecule has 0 radical (unpaired) electrons. The van der Waals surface area contributed by atoms with Crippen LogP contribution >= 0.6 is 0 Å². The molecule has 1 heterocycles. The fourth-order valence-electron chi connectivity index (χ4n) is 1.51. The quantitative estimate of drug-likeness (QED) is 0.758. The molecule has 0 bridgehead atoms. The van der Waals surface area contributed by atoms with E-state index in [1.807, 2.05) is 6.07 Å². The summed E-state index contributed by atoms with van der Waals surface area (Å²) in [6, 6.07) is 6.68. The van der Waals surface area contributed by atoms with E-state index in [0.29, 0.717) is 12.8 Å². The van der Waals surface area contributed by atoms with E-state index in [0.717, 1.165) is 18.0 Å². The number of benzene rings is 1. The number of nitrogens with zero attached hydrogens (tertiary/aromatic N) is 1. The molecule has 0 aliphatic carbocycles. The van der Waals surface area contributed by atoms with Crippen LogP contribution in [0.4, 0.5) is 0 Å². The predicted molar refractivity (Wildman–Crippen MR) is 59.2 cm³/mol. The first kappa shape index (κ1) is 10.3. The van der Waals surface area contributed by atoms with Gasteiger partial charge in [0.25, 0.3) is 0 Å². The van der Waals surface area contributed by atoms with Gasteiger partial charge in [0.15, 0.2) is 11.5 Å². The van der Waals surface area contributed by atoms with E-state index in [1.54, 1.807) is 0 Å². The Bertz CT molecular complexity index is 349. The first-order valence-electron chi connectivity index (χ1n) is 5.25. The summed E-state index contributed by atoms with van der Waals surface area (Å²) in [6.07, 6.45) is 0. The topological polar surface area (TPSA) is 21.7 Å². The van der Waals surface area contributed by atoms with Gasteiger partial charge in [0.2, 0.25) is 6.79 Å². The van der Waals surface area contributed by atoms with Gasteiger partial charge in [-0.1, -0.05) is 6.07 Å². The second-order valence-corrected chi connectivity index (χ2v) is 4.20. The molecule has 0 atom stereocenters. The van der Waals surface area contributed by atoms with Crippen LogP contribution in [0.5, 0.6) is 11.5 Å². The van der Waals surface area contributed by atoms with Crippen LogP contribution in [0, 0.1) is 0 Å². The van der Waals surface area contributed by atoms with Crippen molar-refractivity contribution >= 4 is 0 Å². The zero-order valence-corrected chi connectivity index (χ0v) is 9.49. The predicted octanol–water partition coefficient (Wildman–Crippen LogP) is 2.26. The zero-order valence-electron chi connectivity index (χ0n) is 9.49. The van der Waals surface area contributed by atoms with Crippen molar-refractivity contribution in [3.8, 4) is 11.5 Å². The lowest BCUT2D eigenvalue weighted by Crippen LogP contribution is -2.25. The molecule has 0 N–H and O–H groups in total. The Balaban J connectivity index is 2.10. The van der Waals surface area contributed by atoms with Gasteiger partial charge in [0.05, 0.1) is 0 Å². The highest BCUT2D eigenvalue weighted by atomic mass is 16.7. The van der Waals surface area contributed by atoms with Crippen LogP contribution in [0.3, 0.4) is 0 Å². The van der Waals surface area contributed by atoms with Crippen molar-refractivity contribution in [2.24, 2.45) is 0 Å². The minimum absolute atomic E-state index is 0.346. The molecule has 15 heavy (non-hydrogen) atoms. The SMILES string of the molecule is CC(C)N(C)Cc1ccc2c(c1)OCO2. The van der Waals surface area contributed by atoms with Crippen molar-refractivity contribution in [2.75, 3.05) is 13.8 Å². The zero-order chi connectivity index (χ0) is 10.8. The van der Waals surface area contributed by atoms with Crippen molar-refractivity contribution in [3.05, 3.63) is 23.8 Å². The molecule has 1 aliphatic heterocycles. The second kappa shape index (κ2) is 4.11. The van der Waals surface area contributed by atoms with Crippen molar-refractivity contribution in [1.29, 1.82) is 0 Å². The average molecular weight is 207 g/mol. The van der Waals surface area contributed by atoms with E-state index in [2.05, 4.69) is 37.9 Å². The maximum absolute atomic E-state index is 5.34. The molecule has 0 aromatic heterocycles. The summed E-state index contributed by atoms with van der Waals surface area (Å²) in [7, 11) is 2.12. The molecule has 3 nitrogen and oxygen atoms in total. The third-order valence-electron chi connectivity index (χ3n) is 2.75. The molecule has 1 aromatic rings. The van der Waals surface area contributed by atoms with Gasteiger partial charge in [-0.3, -0.25) is 4.90 Å². The summed E-state index contributed by atoms with van der Waals surface area (Å²) in [5, 5.41) is 0. The van der Waals surface area contributed by atoms with E-state index in [-0.39, 0.29) is 0 Å². The third-order valence-corrected chi connectivity index (χ3v) is 2.75. The van der Waals surface area contributed by atoms with Crippen LogP contribution in [-0.4, -0.2) is 24.8 Å². The van der Waals surface area contributed by atoms with Crippen LogP contribution in [0.1, 0.15) is 19.4 Å². The number of hydrogen-bond acceptors (Lipinski definition) is 3. The van der Waals surface area contributed by atoms with Crippen molar-refractivity contribution in [3.63, 3.8) is 0 Å². The summed E-state index contributed by atoms with van der Waals surface area (Å²) in [6.45, 7) is 5.66. The average Bonchev–Trinajstić information content (AvgIpc) is 2.64. The van der Waals surface area contributed by atoms with E-state index < -0.39 is 0 Å². The van der Waals surface area contributed by atoms with Gasteiger partial charge >= 0.3 is 0 Å². The van der Waals surface area contributed by atoms with Gasteiger partial charge in [-0.25, -0.2) is 0 Å². The van der Waals surface area contributed by atoms with Crippen molar-refractivity contribution in [1.82, 2.24) is 4.90 Å². The van der Waals surface area contributed by atoms with Crippen LogP contribution in [-0.2, 0) is 6.54 Å². The molecule has 1 aromatic carbocycles. The van der Waals surface area contributed by atoms with E-state index in [9.17, 15) is 0 Å². The van der Waals surface area contributed by atoms with Gasteiger partial charge in [0.1, 0.15) is 0 Å². The molecule has 0 unspecified atom stereocenters. The monoisotopic (exact) mass is 207 g/mol. The third kappa shape index (κ3) is 2.23. The number of hydrogen-bond donors (Lipinski definition) is 0. The summed E-state index contributed by atoms with van der Waals surface area (Å²) in [4.78, 5) is 2.29. The molecular formula is C12H17NO2. The highest BCUT2D eigenvalue weighted by Crippen LogP contribution is 2.32. The van der Waals surface area contributed by atoms with E-state index >= 15 is 0 Å². The first-order chi connectivity index (χ1) is 7.16. The van der Waals surface area contributed by atoms with Gasteiger partial charge in [0, 0.05) is 12.6 Å². The first-order valence-corrected chi connectivity index (χ1v) is 5.25. The smallest absolute Gasteiger partial charge is 0.231 e. The van der Waals surface area contributed by atoms with Crippen LogP contribution in [0.25, 0.3) is 0 Å². The normalized spacial score (nSPS) is 13.9. The van der Waals surface area contributed by atoms with Crippen LogP contribution < -0.4 is 9.47 Å². The Kier molecular flexibility index (Phi) is 2.82. The number of rotatable bonds is 3. The molecule has 1 aliphatic rings. The van der Waals surface area contributed by atoms with E-state index in [1.165, 1.54) is 5.56 Å². The Labute approximate surface area is 90.6 Å². The molecule has 0 fully saturated rings. The Morgan fingerprint density at radius 3 is 2.73 bits per heavy atom. The maximum atomic E-state index is 5.34. The van der Waals surface area contributed by atoms with Crippen LogP contribution in [0.2, 0.25) is 0 Å². The summed E-state index contributed by atoms with van der Waals surface area (Å²) >= 11 is 0. The molecule has 0 amide bonds. The molecule has 82 valence electrons. The maximum Gasteiger partial charge on any atom is 0.231 e. The molecular weight excluding hydrogens is 190 g/mol. The number of fused-ring (bicyclic) bond motifs is 1. The summed E-state index contributed by atoms with van der Waals surface area (Å²) in [5.41, 5.74) is 1.26. The largest absolute Gasteiger partial charge is 0.454 e. The number of ether oxygens (including phenoxy) is 2. The molecule has 3 heteroatoms. The van der Waals surface area contributed by atoms with Crippen molar-refractivity contribution < 1.29 is 9.47 Å². The van der Waals surface area contributed by atoms with Gasteiger partial charge in [-0.2, -0.15) is 0 Å². The lowest BCUT2D eigenvalue weighted by molar-refractivity contribution is 0.174. The minimum atomic E-state index is 0.346. The highest BCUT2D eigenvalue weighted by Gasteiger charge is 2.14. The van der Waals surface area contributed by atoms with Crippen LogP contribution in [0.15, 0.2) is 18.2 Å². The minimum Gasteiger partial charge on any atom is -0.454 e. The fourth-order valence-corrected chi connectivity index (χ4v) is 1.51. The highest BCUT2D eigenvalue weighted by molar-refractivity contribution is 5.44. The standard InChI is InChI=1S/C12H17NO2/c1-9(2)13(3)7-10-4-5-11-12(6-10)15-8-14-11/h4-6,9H,7-8H2,1-3H3. The lowest BCUT2D eigenvalue weighted by atomic mass is 10.2. The summed E-state index contributed by atoms with van der Waals surface area (Å²) < 4.78 is 10.6. The van der Waals surface area contributed by atoms with Gasteiger partial charge in [-0.05, 0) is 38.6 Å². The van der Waals surface area contributed by atoms with Gasteiger partial charge < -0.3 is 9.47 Å². The molecule has 0 saturated heterocycles. The van der Waals surface area contributed by atoms with E-state index in [4.69, 9.17) is 9.47 Å². The fraction of sp³-hybridized carbons (Fsp3) is 0.500. The second-order valence-electron chi connectivity index (χ2n) is 4.20. The summed E-state index contributed by atoms with van der Waals surface area (Å²) in [5.74, 6) is 1.72. The lowest BCUT2D eigenvalue weighted by Gasteiger charge is -2.20. The Hall–Kier alpha value is -1.22. The molecule has 0 spiro atoms. The van der Waals surface area contributed by atoms with Crippen molar-refractivity contribution in [2.45, 2.75) is 26.4 Å². The Morgan fingerprint density at radius 2 is 2.00 bits per heavy atom. The molecule has 2 rings (SSSR count). The Morgan fingerprint density at radius 1 is 1.27 bits per heavy atom.